The number of aldehydes is 1. The third kappa shape index (κ3) is 2.03. The molecular weight excluding hydrogens is 288 g/mol. The van der Waals surface area contributed by atoms with Gasteiger partial charge in [-0.15, -0.1) is 11.3 Å². The van der Waals surface area contributed by atoms with E-state index in [1.165, 1.54) is 11.3 Å². The fraction of sp³-hybridized carbons (Fsp3) is 0.444. The molecule has 0 spiro atoms. The Morgan fingerprint density at radius 1 is 1.64 bits per heavy atom. The fourth-order valence-electron chi connectivity index (χ4n) is 1.49. The molecule has 2 atom stereocenters. The number of thiophene rings is 1. The Morgan fingerprint density at radius 2 is 2.43 bits per heavy atom. The maximum absolute atomic E-state index is 10.5. The normalized spacial score (nSPS) is 26.7. The van der Waals surface area contributed by atoms with Crippen LogP contribution < -0.4 is 0 Å². The van der Waals surface area contributed by atoms with E-state index in [-0.39, 0.29) is 12.2 Å². The van der Waals surface area contributed by atoms with E-state index < -0.39 is 0 Å². The van der Waals surface area contributed by atoms with Crippen molar-refractivity contribution in [3.63, 3.8) is 0 Å². The lowest BCUT2D eigenvalue weighted by Crippen LogP contribution is -2.06. The van der Waals surface area contributed by atoms with Crippen LogP contribution in [-0.4, -0.2) is 12.4 Å². The quantitative estimate of drug-likeness (QED) is 0.780. The largest absolute Gasteiger partial charge is 0.362 e. The van der Waals surface area contributed by atoms with Gasteiger partial charge in [-0.1, -0.05) is 11.6 Å². The average molecular weight is 296 g/mol. The predicted octanol–water partition coefficient (Wildman–Crippen LogP) is 3.58. The van der Waals surface area contributed by atoms with Crippen LogP contribution >= 0.6 is 38.9 Å². The van der Waals surface area contributed by atoms with Gasteiger partial charge in [-0.05, 0) is 34.8 Å². The first-order chi connectivity index (χ1) is 6.70. The molecule has 0 radical (unpaired) electrons. The lowest BCUT2D eigenvalue weighted by molar-refractivity contribution is -0.117. The summed E-state index contributed by atoms with van der Waals surface area (Å²) in [7, 11) is 0. The average Bonchev–Trinajstić information content (AvgIpc) is 2.74. The SMILES string of the molecule is O=CC1CCC(c2cc(Br)c(Cl)s2)O1. The number of halogens is 2. The second-order valence-corrected chi connectivity index (χ2v) is 5.69. The van der Waals surface area contributed by atoms with E-state index in [1.54, 1.807) is 0 Å². The van der Waals surface area contributed by atoms with Crippen molar-refractivity contribution in [2.75, 3.05) is 0 Å². The fourth-order valence-corrected chi connectivity index (χ4v) is 3.30. The van der Waals surface area contributed by atoms with Crippen LogP contribution in [0, 0.1) is 0 Å². The molecule has 1 saturated heterocycles. The summed E-state index contributed by atoms with van der Waals surface area (Å²) < 4.78 is 7.16. The molecule has 1 aromatic heterocycles. The molecule has 2 nitrogen and oxygen atoms in total. The van der Waals surface area contributed by atoms with Gasteiger partial charge in [0.2, 0.25) is 0 Å². The molecule has 0 amide bonds. The Bertz CT molecular complexity index is 333. The molecule has 0 aliphatic carbocycles. The zero-order valence-corrected chi connectivity index (χ0v) is 10.4. The topological polar surface area (TPSA) is 26.3 Å². The minimum atomic E-state index is -0.236. The Kier molecular flexibility index (Phi) is 3.27. The Balaban J connectivity index is 2.13. The van der Waals surface area contributed by atoms with E-state index in [9.17, 15) is 4.79 Å². The van der Waals surface area contributed by atoms with Gasteiger partial charge in [0, 0.05) is 9.35 Å². The van der Waals surface area contributed by atoms with Crippen LogP contribution in [-0.2, 0) is 9.53 Å². The van der Waals surface area contributed by atoms with Crippen LogP contribution in [0.5, 0.6) is 0 Å². The summed E-state index contributed by atoms with van der Waals surface area (Å²) in [5, 5.41) is 0. The first kappa shape index (κ1) is 10.6. The first-order valence-corrected chi connectivity index (χ1v) is 6.25. The minimum absolute atomic E-state index is 0.0407. The smallest absolute Gasteiger partial charge is 0.148 e. The van der Waals surface area contributed by atoms with E-state index in [0.29, 0.717) is 0 Å². The van der Waals surface area contributed by atoms with Gasteiger partial charge in [-0.3, -0.25) is 0 Å². The molecule has 1 aromatic rings. The summed E-state index contributed by atoms with van der Waals surface area (Å²) >= 11 is 10.8. The van der Waals surface area contributed by atoms with E-state index in [4.69, 9.17) is 16.3 Å². The zero-order chi connectivity index (χ0) is 10.1. The molecule has 1 fully saturated rings. The first-order valence-electron chi connectivity index (χ1n) is 4.26. The van der Waals surface area contributed by atoms with Gasteiger partial charge in [0.1, 0.15) is 16.7 Å². The lowest BCUT2D eigenvalue weighted by Gasteiger charge is -2.06. The maximum atomic E-state index is 10.5. The standard InChI is InChI=1S/C9H8BrClO2S/c10-6-3-8(14-9(6)11)7-2-1-5(4-12)13-7/h3-5,7H,1-2H2. The Hall–Kier alpha value is 0.1000. The molecule has 14 heavy (non-hydrogen) atoms. The molecule has 5 heteroatoms. The third-order valence-electron chi connectivity index (χ3n) is 2.19. The van der Waals surface area contributed by atoms with Gasteiger partial charge in [-0.25, -0.2) is 0 Å². The Labute approximate surface area is 99.3 Å². The number of hydrogen-bond donors (Lipinski definition) is 0. The third-order valence-corrected chi connectivity index (χ3v) is 4.75. The van der Waals surface area contributed by atoms with Crippen LogP contribution in [0.15, 0.2) is 10.5 Å². The monoisotopic (exact) mass is 294 g/mol. The van der Waals surface area contributed by atoms with Crippen LogP contribution in [0.1, 0.15) is 23.8 Å². The zero-order valence-electron chi connectivity index (χ0n) is 7.20. The molecular formula is C9H8BrClO2S. The summed E-state index contributed by atoms with van der Waals surface area (Å²) in [6.07, 6.45) is 2.37. The van der Waals surface area contributed by atoms with Gasteiger partial charge < -0.3 is 9.53 Å². The summed E-state index contributed by atoms with van der Waals surface area (Å²) in [5.41, 5.74) is 0. The molecule has 1 aliphatic heterocycles. The highest BCUT2D eigenvalue weighted by Crippen LogP contribution is 2.41. The van der Waals surface area contributed by atoms with E-state index in [1.807, 2.05) is 6.07 Å². The summed E-state index contributed by atoms with van der Waals surface area (Å²) in [6.45, 7) is 0. The van der Waals surface area contributed by atoms with Crippen LogP contribution in [0.3, 0.4) is 0 Å². The van der Waals surface area contributed by atoms with E-state index in [0.717, 1.165) is 32.8 Å². The molecule has 0 N–H and O–H groups in total. The predicted molar refractivity (Wildman–Crippen MR) is 59.9 cm³/mol. The molecule has 2 heterocycles. The lowest BCUT2D eigenvalue weighted by atomic mass is 10.2. The van der Waals surface area contributed by atoms with Crippen molar-refractivity contribution in [2.24, 2.45) is 0 Å². The number of hydrogen-bond acceptors (Lipinski definition) is 3. The number of rotatable bonds is 2. The van der Waals surface area contributed by atoms with Crippen molar-refractivity contribution in [2.45, 2.75) is 25.0 Å². The maximum Gasteiger partial charge on any atom is 0.148 e. The molecule has 0 bridgehead atoms. The molecule has 0 saturated carbocycles. The van der Waals surface area contributed by atoms with E-state index in [2.05, 4.69) is 15.9 Å². The van der Waals surface area contributed by atoms with Crippen LogP contribution in [0.4, 0.5) is 0 Å². The second-order valence-electron chi connectivity index (χ2n) is 3.15. The van der Waals surface area contributed by atoms with Crippen molar-refractivity contribution in [1.82, 2.24) is 0 Å². The van der Waals surface area contributed by atoms with Gasteiger partial charge in [0.15, 0.2) is 0 Å². The summed E-state index contributed by atoms with van der Waals surface area (Å²) in [4.78, 5) is 11.6. The molecule has 0 aromatic carbocycles. The Morgan fingerprint density at radius 3 is 2.93 bits per heavy atom. The van der Waals surface area contributed by atoms with Gasteiger partial charge in [-0.2, -0.15) is 0 Å². The number of carbonyl (C=O) groups excluding carboxylic acids is 1. The highest BCUT2D eigenvalue weighted by atomic mass is 79.9. The number of carbonyl (C=O) groups is 1. The van der Waals surface area contributed by atoms with Crippen LogP contribution in [0.25, 0.3) is 0 Å². The van der Waals surface area contributed by atoms with Crippen molar-refractivity contribution in [3.8, 4) is 0 Å². The van der Waals surface area contributed by atoms with Gasteiger partial charge in [0.25, 0.3) is 0 Å². The van der Waals surface area contributed by atoms with Gasteiger partial charge in [0.05, 0.1) is 6.10 Å². The highest BCUT2D eigenvalue weighted by molar-refractivity contribution is 9.10. The van der Waals surface area contributed by atoms with Gasteiger partial charge >= 0.3 is 0 Å². The molecule has 2 rings (SSSR count). The summed E-state index contributed by atoms with van der Waals surface area (Å²) in [6, 6.07) is 1.96. The second kappa shape index (κ2) is 4.31. The van der Waals surface area contributed by atoms with Crippen molar-refractivity contribution in [1.29, 1.82) is 0 Å². The van der Waals surface area contributed by atoms with E-state index >= 15 is 0 Å². The molecule has 2 unspecified atom stereocenters. The van der Waals surface area contributed by atoms with Crippen LogP contribution in [0.2, 0.25) is 4.34 Å². The molecule has 1 aliphatic rings. The van der Waals surface area contributed by atoms with Crippen molar-refractivity contribution < 1.29 is 9.53 Å². The summed E-state index contributed by atoms with van der Waals surface area (Å²) in [5.74, 6) is 0. The highest BCUT2D eigenvalue weighted by Gasteiger charge is 2.27. The van der Waals surface area contributed by atoms with Crippen molar-refractivity contribution >= 4 is 45.2 Å². The van der Waals surface area contributed by atoms with Crippen molar-refractivity contribution in [3.05, 3.63) is 19.8 Å². The minimum Gasteiger partial charge on any atom is -0.362 e. The molecule has 76 valence electrons. The number of ether oxygens (including phenoxy) is 1.